The summed E-state index contributed by atoms with van der Waals surface area (Å²) in [6.07, 6.45) is 5.37. The number of nitrogens with zero attached hydrogens (tertiary/aromatic N) is 2. The number of methoxy groups -OCH3 is 1. The lowest BCUT2D eigenvalue weighted by atomic mass is 10.3. The Bertz CT molecular complexity index is 382. The van der Waals surface area contributed by atoms with Crippen molar-refractivity contribution in [3.63, 3.8) is 0 Å². The van der Waals surface area contributed by atoms with E-state index in [0.717, 1.165) is 11.4 Å². The van der Waals surface area contributed by atoms with Crippen LogP contribution in [0.4, 0.5) is 0 Å². The molecule has 0 aliphatic heterocycles. The van der Waals surface area contributed by atoms with Gasteiger partial charge in [0.25, 0.3) is 0 Å². The van der Waals surface area contributed by atoms with Crippen molar-refractivity contribution in [2.45, 2.75) is 0 Å². The summed E-state index contributed by atoms with van der Waals surface area (Å²) < 4.78 is 6.98. The quantitative estimate of drug-likeness (QED) is 0.690. The summed E-state index contributed by atoms with van der Waals surface area (Å²) in [6.45, 7) is 0. The third kappa shape index (κ3) is 1.54. The molecule has 1 heterocycles. The lowest BCUT2D eigenvalue weighted by Gasteiger charge is -2.03. The molecular formula is C10H9N2O. The predicted molar refractivity (Wildman–Crippen MR) is 49.0 cm³/mol. The first-order valence-corrected chi connectivity index (χ1v) is 3.94. The number of hydrogen-bond donors (Lipinski definition) is 0. The van der Waals surface area contributed by atoms with Crippen LogP contribution in [0.25, 0.3) is 5.69 Å². The molecule has 0 aliphatic rings. The van der Waals surface area contributed by atoms with Crippen LogP contribution in [0.2, 0.25) is 0 Å². The maximum Gasteiger partial charge on any atom is 0.128 e. The molecule has 0 saturated heterocycles. The van der Waals surface area contributed by atoms with Gasteiger partial charge in [-0.25, -0.2) is 4.98 Å². The highest BCUT2D eigenvalue weighted by molar-refractivity contribution is 5.38. The van der Waals surface area contributed by atoms with E-state index in [4.69, 9.17) is 4.74 Å². The molecule has 2 aromatic rings. The van der Waals surface area contributed by atoms with Crippen molar-refractivity contribution in [1.29, 1.82) is 0 Å². The summed E-state index contributed by atoms with van der Waals surface area (Å²) in [5.41, 5.74) is 1.02. The van der Waals surface area contributed by atoms with Crippen LogP contribution >= 0.6 is 0 Å². The topological polar surface area (TPSA) is 27.1 Å². The molecule has 0 bridgehead atoms. The fourth-order valence-corrected chi connectivity index (χ4v) is 1.12. The Balaban J connectivity index is 2.41. The van der Waals surface area contributed by atoms with Crippen LogP contribution in [0.15, 0.2) is 36.9 Å². The van der Waals surface area contributed by atoms with Crippen molar-refractivity contribution in [1.82, 2.24) is 9.55 Å². The van der Waals surface area contributed by atoms with Gasteiger partial charge in [0.2, 0.25) is 0 Å². The molecule has 3 heteroatoms. The van der Waals surface area contributed by atoms with Gasteiger partial charge in [-0.15, -0.1) is 0 Å². The third-order valence-corrected chi connectivity index (χ3v) is 1.78. The standard InChI is InChI=1S/C10H9N2O/c1-13-10-4-2-3-9(7-10)12-6-5-11-8-12/h2-3,5-8H,1H3. The predicted octanol–water partition coefficient (Wildman–Crippen LogP) is 1.68. The second-order valence-electron chi connectivity index (χ2n) is 2.59. The molecule has 1 aromatic heterocycles. The van der Waals surface area contributed by atoms with Crippen molar-refractivity contribution in [3.8, 4) is 11.4 Å². The molecule has 0 N–H and O–H groups in total. The van der Waals surface area contributed by atoms with Gasteiger partial charge in [-0.2, -0.15) is 0 Å². The second-order valence-corrected chi connectivity index (χ2v) is 2.59. The first-order valence-electron chi connectivity index (χ1n) is 3.94. The zero-order valence-corrected chi connectivity index (χ0v) is 7.27. The summed E-state index contributed by atoms with van der Waals surface area (Å²) in [4.78, 5) is 3.97. The van der Waals surface area contributed by atoms with Gasteiger partial charge < -0.3 is 9.30 Å². The van der Waals surface area contributed by atoms with Gasteiger partial charge in [0.15, 0.2) is 0 Å². The highest BCUT2D eigenvalue weighted by Crippen LogP contribution is 2.14. The van der Waals surface area contributed by atoms with Gasteiger partial charge in [-0.05, 0) is 12.1 Å². The number of rotatable bonds is 2. The number of benzene rings is 1. The molecule has 0 aliphatic carbocycles. The van der Waals surface area contributed by atoms with Crippen molar-refractivity contribution >= 4 is 0 Å². The molecule has 0 amide bonds. The monoisotopic (exact) mass is 173 g/mol. The minimum absolute atomic E-state index is 0.728. The Hall–Kier alpha value is -1.77. The molecule has 1 radical (unpaired) electrons. The van der Waals surface area contributed by atoms with Crippen LogP contribution in [0.1, 0.15) is 0 Å². The minimum Gasteiger partial charge on any atom is -0.496 e. The summed E-state index contributed by atoms with van der Waals surface area (Å²) in [6, 6.07) is 8.65. The Kier molecular flexibility index (Phi) is 2.00. The Morgan fingerprint density at radius 3 is 3.15 bits per heavy atom. The van der Waals surface area contributed by atoms with Gasteiger partial charge in [-0.1, -0.05) is 0 Å². The molecule has 0 spiro atoms. The molecule has 1 aromatic carbocycles. The summed E-state index contributed by atoms with van der Waals surface area (Å²) >= 11 is 0. The van der Waals surface area contributed by atoms with Crippen molar-refractivity contribution < 1.29 is 4.74 Å². The van der Waals surface area contributed by atoms with E-state index in [0.29, 0.717) is 0 Å². The molecule has 13 heavy (non-hydrogen) atoms. The fraction of sp³-hybridized carbons (Fsp3) is 0.100. The Morgan fingerprint density at radius 1 is 1.54 bits per heavy atom. The van der Waals surface area contributed by atoms with Gasteiger partial charge in [0.1, 0.15) is 5.75 Å². The largest absolute Gasteiger partial charge is 0.496 e. The van der Waals surface area contributed by atoms with Crippen molar-refractivity contribution in [3.05, 3.63) is 43.0 Å². The van der Waals surface area contributed by atoms with Crippen molar-refractivity contribution in [2.24, 2.45) is 0 Å². The van der Waals surface area contributed by atoms with Crippen LogP contribution in [0, 0.1) is 6.07 Å². The Labute approximate surface area is 76.6 Å². The molecule has 0 atom stereocenters. The number of imidazole rings is 1. The highest BCUT2D eigenvalue weighted by Gasteiger charge is 1.96. The van der Waals surface area contributed by atoms with Crippen LogP contribution in [-0.2, 0) is 0 Å². The third-order valence-electron chi connectivity index (χ3n) is 1.78. The van der Waals surface area contributed by atoms with E-state index >= 15 is 0 Å². The average Bonchev–Trinajstić information content (AvgIpc) is 2.71. The van der Waals surface area contributed by atoms with Crippen LogP contribution in [0.5, 0.6) is 5.75 Å². The van der Waals surface area contributed by atoms with E-state index in [1.807, 2.05) is 29.0 Å². The summed E-state index contributed by atoms with van der Waals surface area (Å²) in [5, 5.41) is 0. The summed E-state index contributed by atoms with van der Waals surface area (Å²) in [7, 11) is 1.63. The lowest BCUT2D eigenvalue weighted by Crippen LogP contribution is -1.90. The molecule has 2 rings (SSSR count). The molecular weight excluding hydrogens is 164 g/mol. The molecule has 0 fully saturated rings. The van der Waals surface area contributed by atoms with Gasteiger partial charge in [0.05, 0.1) is 19.1 Å². The maximum atomic E-state index is 5.06. The SMILES string of the molecule is COc1[c]ccc(-n2ccnc2)c1. The Morgan fingerprint density at radius 2 is 2.46 bits per heavy atom. The van der Waals surface area contributed by atoms with Gasteiger partial charge in [-0.3, -0.25) is 0 Å². The van der Waals surface area contributed by atoms with E-state index in [2.05, 4.69) is 11.1 Å². The van der Waals surface area contributed by atoms with E-state index in [-0.39, 0.29) is 0 Å². The maximum absolute atomic E-state index is 5.06. The fourth-order valence-electron chi connectivity index (χ4n) is 1.12. The number of hydrogen-bond acceptors (Lipinski definition) is 2. The first kappa shape index (κ1) is 7.86. The lowest BCUT2D eigenvalue weighted by molar-refractivity contribution is 0.413. The number of ether oxygens (including phenoxy) is 1. The zero-order valence-electron chi connectivity index (χ0n) is 7.27. The second kappa shape index (κ2) is 3.31. The normalized spacial score (nSPS) is 9.92. The average molecular weight is 173 g/mol. The molecule has 0 saturated carbocycles. The van der Waals surface area contributed by atoms with E-state index in [1.54, 1.807) is 19.6 Å². The van der Waals surface area contributed by atoms with E-state index in [9.17, 15) is 0 Å². The minimum atomic E-state index is 0.728. The van der Waals surface area contributed by atoms with Gasteiger partial charge >= 0.3 is 0 Å². The summed E-state index contributed by atoms with van der Waals surface area (Å²) in [5.74, 6) is 0.728. The molecule has 0 unspecified atom stereocenters. The molecule has 65 valence electrons. The van der Waals surface area contributed by atoms with Crippen LogP contribution < -0.4 is 4.74 Å². The first-order chi connectivity index (χ1) is 6.40. The van der Waals surface area contributed by atoms with Crippen LogP contribution in [0.3, 0.4) is 0 Å². The molecule has 3 nitrogen and oxygen atoms in total. The smallest absolute Gasteiger partial charge is 0.128 e. The zero-order chi connectivity index (χ0) is 9.10. The van der Waals surface area contributed by atoms with Crippen LogP contribution in [-0.4, -0.2) is 16.7 Å². The number of aromatic nitrogens is 2. The van der Waals surface area contributed by atoms with E-state index in [1.165, 1.54) is 0 Å². The van der Waals surface area contributed by atoms with E-state index < -0.39 is 0 Å². The van der Waals surface area contributed by atoms with Gasteiger partial charge in [0, 0.05) is 24.5 Å². The highest BCUT2D eigenvalue weighted by atomic mass is 16.5. The van der Waals surface area contributed by atoms with Crippen molar-refractivity contribution in [2.75, 3.05) is 7.11 Å².